The van der Waals surface area contributed by atoms with Crippen molar-refractivity contribution in [2.24, 2.45) is 0 Å². The molecule has 0 heterocycles. The van der Waals surface area contributed by atoms with E-state index in [0.717, 1.165) is 0 Å². The molecule has 2 radical (unpaired) electrons. The van der Waals surface area contributed by atoms with E-state index in [1.165, 1.54) is 0 Å². The van der Waals surface area contributed by atoms with Crippen molar-refractivity contribution in [1.29, 1.82) is 0 Å². The van der Waals surface area contributed by atoms with Crippen LogP contribution in [-0.2, 0) is 23.7 Å². The molecule has 0 saturated heterocycles. The second-order valence-electron chi connectivity index (χ2n) is 2.82. The van der Waals surface area contributed by atoms with Gasteiger partial charge in [0.2, 0.25) is 0 Å². The molecule has 0 atom stereocenters. The Labute approximate surface area is 135 Å². The average Bonchev–Trinajstić information content (AvgIpc) is 2.26. The molecule has 94 valence electrons. The van der Waals surface area contributed by atoms with E-state index in [9.17, 15) is 0 Å². The third-order valence-corrected chi connectivity index (χ3v) is 1.61. The van der Waals surface area contributed by atoms with Gasteiger partial charge in [0.05, 0.1) is 52.9 Å². The topological polar surface area (TPSA) is 46.2 Å². The van der Waals surface area contributed by atoms with Crippen molar-refractivity contribution in [3.05, 3.63) is 0 Å². The van der Waals surface area contributed by atoms with Crippen molar-refractivity contribution in [3.63, 3.8) is 0 Å². The number of methoxy groups -OCH3 is 2. The average molecular weight is 310 g/mol. The molecule has 5 nitrogen and oxygen atoms in total. The van der Waals surface area contributed by atoms with Gasteiger partial charge < -0.3 is 23.7 Å². The Morgan fingerprint density at radius 2 is 0.750 bits per heavy atom. The first-order valence-corrected chi connectivity index (χ1v) is 5.13. The summed E-state index contributed by atoms with van der Waals surface area (Å²) in [4.78, 5) is 0. The van der Waals surface area contributed by atoms with Gasteiger partial charge in [0.15, 0.2) is 0 Å². The Morgan fingerprint density at radius 3 is 1.00 bits per heavy atom. The Morgan fingerprint density at radius 1 is 0.500 bits per heavy atom. The van der Waals surface area contributed by atoms with Crippen LogP contribution >= 0.6 is 0 Å². The van der Waals surface area contributed by atoms with Gasteiger partial charge in [0.1, 0.15) is 0 Å². The number of ether oxygens (including phenoxy) is 5. The van der Waals surface area contributed by atoms with Gasteiger partial charge in [-0.15, -0.1) is 0 Å². The summed E-state index contributed by atoms with van der Waals surface area (Å²) in [6.45, 7) is 4.87. The second kappa shape index (κ2) is 18.6. The zero-order valence-corrected chi connectivity index (χ0v) is 13.9. The molecule has 0 aliphatic carbocycles. The molecule has 6 heteroatoms. The molecule has 16 heavy (non-hydrogen) atoms. The summed E-state index contributed by atoms with van der Waals surface area (Å²) >= 11 is 0. The van der Waals surface area contributed by atoms with Crippen molar-refractivity contribution >= 4 is 45.5 Å². The minimum atomic E-state index is 0. The summed E-state index contributed by atoms with van der Waals surface area (Å²) in [6, 6.07) is 0. The third-order valence-electron chi connectivity index (χ3n) is 1.61. The van der Waals surface area contributed by atoms with E-state index in [2.05, 4.69) is 0 Å². The van der Waals surface area contributed by atoms with Gasteiger partial charge in [-0.3, -0.25) is 0 Å². The van der Waals surface area contributed by atoms with Crippen LogP contribution in [0.5, 0.6) is 0 Å². The Hall–Kier alpha value is 1.28. The predicted octanol–water partition coefficient (Wildman–Crippen LogP) is -0.0518. The van der Waals surface area contributed by atoms with E-state index >= 15 is 0 Å². The molecular weight excluding hydrogens is 288 g/mol. The van der Waals surface area contributed by atoms with Crippen LogP contribution in [0.4, 0.5) is 0 Å². The first-order valence-electron chi connectivity index (χ1n) is 5.13. The van der Waals surface area contributed by atoms with Crippen LogP contribution in [0.2, 0.25) is 0 Å². The van der Waals surface area contributed by atoms with Crippen molar-refractivity contribution in [1.82, 2.24) is 0 Å². The van der Waals surface area contributed by atoms with Crippen molar-refractivity contribution < 1.29 is 23.7 Å². The molecule has 0 bridgehead atoms. The summed E-state index contributed by atoms with van der Waals surface area (Å²) in [7, 11) is 3.30. The molecule has 0 aliphatic heterocycles. The molecule has 0 aromatic rings. The molecular formula is C10H22O5Sr. The van der Waals surface area contributed by atoms with E-state index in [1.54, 1.807) is 14.2 Å². The molecule has 0 fully saturated rings. The maximum absolute atomic E-state index is 5.26. The summed E-state index contributed by atoms with van der Waals surface area (Å²) < 4.78 is 25.3. The number of hydrogen-bond acceptors (Lipinski definition) is 5. The summed E-state index contributed by atoms with van der Waals surface area (Å²) in [5, 5.41) is 0. The molecule has 0 aliphatic rings. The van der Waals surface area contributed by atoms with E-state index in [1.807, 2.05) is 0 Å². The van der Waals surface area contributed by atoms with Gasteiger partial charge >= 0.3 is 0 Å². The van der Waals surface area contributed by atoms with Crippen molar-refractivity contribution in [2.45, 2.75) is 0 Å². The smallest absolute Gasteiger partial charge is 0.0701 e. The SMILES string of the molecule is COCCOCCOCCOCCOC.[Sr]. The fourth-order valence-electron chi connectivity index (χ4n) is 0.826. The van der Waals surface area contributed by atoms with Crippen molar-refractivity contribution in [3.8, 4) is 0 Å². The van der Waals surface area contributed by atoms with Gasteiger partial charge in [-0.25, -0.2) is 0 Å². The van der Waals surface area contributed by atoms with Gasteiger partial charge in [0, 0.05) is 59.7 Å². The first-order chi connectivity index (χ1) is 7.41. The normalized spacial score (nSPS) is 10.1. The maximum Gasteiger partial charge on any atom is 0.0701 e. The molecule has 0 aromatic carbocycles. The monoisotopic (exact) mass is 310 g/mol. The van der Waals surface area contributed by atoms with Crippen LogP contribution in [0.1, 0.15) is 0 Å². The zero-order valence-electron chi connectivity index (χ0n) is 10.4. The van der Waals surface area contributed by atoms with Crippen LogP contribution in [0.25, 0.3) is 0 Å². The summed E-state index contributed by atoms with van der Waals surface area (Å²) in [5.74, 6) is 0. The van der Waals surface area contributed by atoms with Gasteiger partial charge in [-0.1, -0.05) is 0 Å². The second-order valence-corrected chi connectivity index (χ2v) is 2.82. The van der Waals surface area contributed by atoms with Gasteiger partial charge in [0.25, 0.3) is 0 Å². The van der Waals surface area contributed by atoms with E-state index in [0.29, 0.717) is 52.9 Å². The minimum Gasteiger partial charge on any atom is -0.382 e. The number of hydrogen-bond donors (Lipinski definition) is 0. The van der Waals surface area contributed by atoms with Gasteiger partial charge in [-0.05, 0) is 0 Å². The van der Waals surface area contributed by atoms with Crippen molar-refractivity contribution in [2.75, 3.05) is 67.1 Å². The molecule has 0 saturated carbocycles. The Balaban J connectivity index is 0. The van der Waals surface area contributed by atoms with E-state index in [4.69, 9.17) is 23.7 Å². The van der Waals surface area contributed by atoms with E-state index in [-0.39, 0.29) is 45.5 Å². The zero-order chi connectivity index (χ0) is 11.2. The Kier molecular flexibility index (Phi) is 22.9. The quantitative estimate of drug-likeness (QED) is 0.374. The van der Waals surface area contributed by atoms with Crippen LogP contribution in [0.15, 0.2) is 0 Å². The number of rotatable bonds is 12. The summed E-state index contributed by atoms with van der Waals surface area (Å²) in [6.07, 6.45) is 0. The van der Waals surface area contributed by atoms with Crippen LogP contribution in [0, 0.1) is 0 Å². The van der Waals surface area contributed by atoms with E-state index < -0.39 is 0 Å². The molecule has 0 aromatic heterocycles. The first kappa shape index (κ1) is 19.6. The molecule has 0 unspecified atom stereocenters. The molecule has 0 rings (SSSR count). The van der Waals surface area contributed by atoms with Gasteiger partial charge in [-0.2, -0.15) is 0 Å². The fourth-order valence-corrected chi connectivity index (χ4v) is 0.826. The van der Waals surface area contributed by atoms with Crippen LogP contribution in [-0.4, -0.2) is 113 Å². The molecule has 0 spiro atoms. The van der Waals surface area contributed by atoms with Crippen LogP contribution in [0.3, 0.4) is 0 Å². The maximum atomic E-state index is 5.26. The third kappa shape index (κ3) is 17.7. The minimum absolute atomic E-state index is 0. The largest absolute Gasteiger partial charge is 0.382 e. The Bertz CT molecular complexity index is 103. The van der Waals surface area contributed by atoms with Crippen LogP contribution < -0.4 is 0 Å². The standard InChI is InChI=1S/C10H22O5.Sr/c1-11-3-5-13-7-9-15-10-8-14-6-4-12-2;/h3-10H2,1-2H3;. The molecule has 0 amide bonds. The summed E-state index contributed by atoms with van der Waals surface area (Å²) in [5.41, 5.74) is 0. The fraction of sp³-hybridized carbons (Fsp3) is 1.00. The predicted molar refractivity (Wildman–Crippen MR) is 62.0 cm³/mol. The molecule has 0 N–H and O–H groups in total.